The predicted octanol–water partition coefficient (Wildman–Crippen LogP) is 0.990. The van der Waals surface area contributed by atoms with Crippen molar-refractivity contribution in [2.45, 2.75) is 41.4 Å². The summed E-state index contributed by atoms with van der Waals surface area (Å²) < 4.78 is 47.1. The van der Waals surface area contributed by atoms with Crippen LogP contribution in [0, 0.1) is 0 Å². The van der Waals surface area contributed by atoms with Gasteiger partial charge in [0.1, 0.15) is 0 Å². The van der Waals surface area contributed by atoms with Crippen LogP contribution in [0.2, 0.25) is 0 Å². The van der Waals surface area contributed by atoms with Gasteiger partial charge in [0.15, 0.2) is 19.7 Å². The molecular weight excluding hydrogens is 286 g/mol. The summed E-state index contributed by atoms with van der Waals surface area (Å²) in [6, 6.07) is 5.05. The molecule has 0 aromatic heterocycles. The van der Waals surface area contributed by atoms with E-state index in [4.69, 9.17) is 5.73 Å². The normalized spacial score (nSPS) is 16.0. The standard InChI is InChI=1S/C12H19NO4S2/c1-9(13)8-10(2)19(16,17)12-6-4-11(5-7-12)18(3,14)15/h4-7,9-10H,8,13H2,1-3H3. The first-order chi connectivity index (χ1) is 8.55. The van der Waals surface area contributed by atoms with Crippen molar-refractivity contribution < 1.29 is 16.8 Å². The third-order valence-corrected chi connectivity index (χ3v) is 6.12. The number of rotatable bonds is 5. The Kier molecular flexibility index (Phi) is 4.76. The zero-order valence-electron chi connectivity index (χ0n) is 11.2. The van der Waals surface area contributed by atoms with Crippen LogP contribution in [0.15, 0.2) is 34.1 Å². The highest BCUT2D eigenvalue weighted by Gasteiger charge is 2.24. The van der Waals surface area contributed by atoms with Gasteiger partial charge in [0.2, 0.25) is 0 Å². The van der Waals surface area contributed by atoms with E-state index >= 15 is 0 Å². The minimum atomic E-state index is -3.47. The molecule has 0 aliphatic carbocycles. The fraction of sp³-hybridized carbons (Fsp3) is 0.500. The van der Waals surface area contributed by atoms with Crippen LogP contribution < -0.4 is 5.73 Å². The molecule has 0 saturated heterocycles. The number of sulfone groups is 2. The van der Waals surface area contributed by atoms with E-state index in [2.05, 4.69) is 0 Å². The monoisotopic (exact) mass is 305 g/mol. The summed E-state index contributed by atoms with van der Waals surface area (Å²) in [5.41, 5.74) is 5.61. The second kappa shape index (κ2) is 5.60. The van der Waals surface area contributed by atoms with Gasteiger partial charge >= 0.3 is 0 Å². The van der Waals surface area contributed by atoms with Gasteiger partial charge in [-0.25, -0.2) is 16.8 Å². The van der Waals surface area contributed by atoms with Gasteiger partial charge < -0.3 is 5.73 Å². The zero-order chi connectivity index (χ0) is 14.8. The van der Waals surface area contributed by atoms with Gasteiger partial charge in [-0.1, -0.05) is 0 Å². The maximum atomic E-state index is 12.2. The first-order valence-electron chi connectivity index (χ1n) is 5.84. The van der Waals surface area contributed by atoms with Gasteiger partial charge in [0, 0.05) is 12.3 Å². The van der Waals surface area contributed by atoms with Crippen molar-refractivity contribution >= 4 is 19.7 Å². The molecular formula is C12H19NO4S2. The Morgan fingerprint density at radius 1 is 1.00 bits per heavy atom. The van der Waals surface area contributed by atoms with Crippen molar-refractivity contribution in [1.29, 1.82) is 0 Å². The fourth-order valence-corrected chi connectivity index (χ4v) is 3.93. The first-order valence-corrected chi connectivity index (χ1v) is 9.28. The smallest absolute Gasteiger partial charge is 0.181 e. The minimum absolute atomic E-state index is 0.103. The third-order valence-electron chi connectivity index (χ3n) is 2.81. The molecule has 0 radical (unpaired) electrons. The van der Waals surface area contributed by atoms with E-state index in [0.717, 1.165) is 6.26 Å². The molecule has 2 atom stereocenters. The van der Waals surface area contributed by atoms with Crippen LogP contribution in [0.4, 0.5) is 0 Å². The lowest BCUT2D eigenvalue weighted by Crippen LogP contribution is -2.27. The van der Waals surface area contributed by atoms with Gasteiger partial charge in [-0.2, -0.15) is 0 Å². The largest absolute Gasteiger partial charge is 0.328 e. The van der Waals surface area contributed by atoms with Crippen LogP contribution >= 0.6 is 0 Å². The van der Waals surface area contributed by atoms with Gasteiger partial charge in [0.25, 0.3) is 0 Å². The van der Waals surface area contributed by atoms with E-state index in [1.54, 1.807) is 13.8 Å². The topological polar surface area (TPSA) is 94.3 Å². The first kappa shape index (κ1) is 16.1. The van der Waals surface area contributed by atoms with Crippen molar-refractivity contribution in [2.75, 3.05) is 6.26 Å². The Balaban J connectivity index is 3.10. The number of hydrogen-bond acceptors (Lipinski definition) is 5. The Labute approximate surface area is 114 Å². The summed E-state index contributed by atoms with van der Waals surface area (Å²) in [6.07, 6.45) is 1.44. The number of nitrogens with two attached hydrogens (primary N) is 1. The third kappa shape index (κ3) is 4.02. The van der Waals surface area contributed by atoms with Crippen LogP contribution in [-0.2, 0) is 19.7 Å². The average molecular weight is 305 g/mol. The lowest BCUT2D eigenvalue weighted by Gasteiger charge is -2.15. The summed E-state index contributed by atoms with van der Waals surface area (Å²) in [5, 5.41) is -0.600. The molecule has 5 nitrogen and oxygen atoms in total. The van der Waals surface area contributed by atoms with Crippen LogP contribution in [0.5, 0.6) is 0 Å². The van der Waals surface area contributed by atoms with Crippen LogP contribution in [0.1, 0.15) is 20.3 Å². The number of benzene rings is 1. The van der Waals surface area contributed by atoms with E-state index in [-0.39, 0.29) is 15.8 Å². The van der Waals surface area contributed by atoms with E-state index in [1.165, 1.54) is 24.3 Å². The molecule has 1 aromatic rings. The fourth-order valence-electron chi connectivity index (χ4n) is 1.76. The highest BCUT2D eigenvalue weighted by atomic mass is 32.2. The molecule has 0 amide bonds. The molecule has 0 heterocycles. The van der Waals surface area contributed by atoms with Gasteiger partial charge in [-0.05, 0) is 44.5 Å². The van der Waals surface area contributed by atoms with E-state index in [9.17, 15) is 16.8 Å². The molecule has 0 bridgehead atoms. The minimum Gasteiger partial charge on any atom is -0.328 e. The summed E-state index contributed by atoms with van der Waals surface area (Å²) in [7, 11) is -6.79. The predicted molar refractivity (Wildman–Crippen MR) is 74.5 cm³/mol. The van der Waals surface area contributed by atoms with Gasteiger partial charge in [-0.15, -0.1) is 0 Å². The van der Waals surface area contributed by atoms with Crippen molar-refractivity contribution in [3.8, 4) is 0 Å². The molecule has 0 fully saturated rings. The highest BCUT2D eigenvalue weighted by Crippen LogP contribution is 2.20. The molecule has 7 heteroatoms. The molecule has 108 valence electrons. The van der Waals surface area contributed by atoms with Crippen LogP contribution in [0.25, 0.3) is 0 Å². The molecule has 2 N–H and O–H groups in total. The molecule has 1 aromatic carbocycles. The second-order valence-electron chi connectivity index (χ2n) is 4.81. The maximum absolute atomic E-state index is 12.2. The Bertz CT molecular complexity index is 631. The summed E-state index contributed by atoms with van der Waals surface area (Å²) in [6.45, 7) is 3.35. The molecule has 0 aliphatic rings. The quantitative estimate of drug-likeness (QED) is 0.875. The van der Waals surface area contributed by atoms with Crippen molar-refractivity contribution in [2.24, 2.45) is 5.73 Å². The molecule has 0 aliphatic heterocycles. The lowest BCUT2D eigenvalue weighted by molar-refractivity contribution is 0.563. The van der Waals surface area contributed by atoms with Gasteiger partial charge in [-0.3, -0.25) is 0 Å². The van der Waals surface area contributed by atoms with E-state index in [0.29, 0.717) is 6.42 Å². The lowest BCUT2D eigenvalue weighted by atomic mass is 10.2. The summed E-state index contributed by atoms with van der Waals surface area (Å²) >= 11 is 0. The summed E-state index contributed by atoms with van der Waals surface area (Å²) in [5.74, 6) is 0. The van der Waals surface area contributed by atoms with Crippen LogP contribution in [0.3, 0.4) is 0 Å². The molecule has 0 spiro atoms. The number of hydrogen-bond donors (Lipinski definition) is 1. The highest BCUT2D eigenvalue weighted by molar-refractivity contribution is 7.92. The summed E-state index contributed by atoms with van der Waals surface area (Å²) in [4.78, 5) is 0.222. The van der Waals surface area contributed by atoms with E-state index < -0.39 is 24.9 Å². The average Bonchev–Trinajstić information content (AvgIpc) is 2.27. The Morgan fingerprint density at radius 2 is 1.42 bits per heavy atom. The second-order valence-corrected chi connectivity index (χ2v) is 9.19. The Hall–Kier alpha value is -0.920. The van der Waals surface area contributed by atoms with Crippen molar-refractivity contribution in [3.63, 3.8) is 0 Å². The molecule has 19 heavy (non-hydrogen) atoms. The van der Waals surface area contributed by atoms with Crippen molar-refractivity contribution in [1.82, 2.24) is 0 Å². The van der Waals surface area contributed by atoms with Gasteiger partial charge in [0.05, 0.1) is 15.0 Å². The molecule has 0 saturated carbocycles. The zero-order valence-corrected chi connectivity index (χ0v) is 12.8. The SMILES string of the molecule is CC(N)CC(C)S(=O)(=O)c1ccc(S(C)(=O)=O)cc1. The van der Waals surface area contributed by atoms with Crippen LogP contribution in [-0.4, -0.2) is 34.4 Å². The molecule has 2 unspecified atom stereocenters. The molecule has 1 rings (SSSR count). The maximum Gasteiger partial charge on any atom is 0.181 e. The van der Waals surface area contributed by atoms with Crippen molar-refractivity contribution in [3.05, 3.63) is 24.3 Å². The van der Waals surface area contributed by atoms with E-state index in [1.807, 2.05) is 0 Å². The Morgan fingerprint density at radius 3 is 1.79 bits per heavy atom.